The SMILES string of the molecule is Cc1cc(S(=O)(=O)Nc2ccnn2C(C)C)ccc1N. The number of anilines is 2. The molecule has 0 atom stereocenters. The van der Waals surface area contributed by atoms with Crippen molar-refractivity contribution in [2.45, 2.75) is 31.7 Å². The summed E-state index contributed by atoms with van der Waals surface area (Å²) in [5.74, 6) is 0.439. The molecule has 0 aliphatic heterocycles. The first-order valence-electron chi connectivity index (χ1n) is 6.24. The molecule has 3 N–H and O–H groups in total. The highest BCUT2D eigenvalue weighted by Crippen LogP contribution is 2.21. The number of hydrogen-bond acceptors (Lipinski definition) is 4. The quantitative estimate of drug-likeness (QED) is 0.845. The fraction of sp³-hybridized carbons (Fsp3) is 0.308. The van der Waals surface area contributed by atoms with Gasteiger partial charge in [0.1, 0.15) is 5.82 Å². The van der Waals surface area contributed by atoms with Crippen molar-refractivity contribution < 1.29 is 8.42 Å². The lowest BCUT2D eigenvalue weighted by Gasteiger charge is -2.13. The maximum atomic E-state index is 12.3. The van der Waals surface area contributed by atoms with E-state index in [4.69, 9.17) is 5.73 Å². The number of sulfonamides is 1. The molecule has 20 heavy (non-hydrogen) atoms. The zero-order chi connectivity index (χ0) is 14.9. The summed E-state index contributed by atoms with van der Waals surface area (Å²) in [6.07, 6.45) is 1.56. The van der Waals surface area contributed by atoms with Crippen LogP contribution in [0.1, 0.15) is 25.5 Å². The molecule has 2 rings (SSSR count). The van der Waals surface area contributed by atoms with Crippen molar-refractivity contribution in [1.82, 2.24) is 9.78 Å². The minimum Gasteiger partial charge on any atom is -0.399 e. The predicted molar refractivity (Wildman–Crippen MR) is 79.0 cm³/mol. The maximum absolute atomic E-state index is 12.3. The van der Waals surface area contributed by atoms with E-state index in [0.29, 0.717) is 11.5 Å². The molecule has 0 aliphatic rings. The minimum atomic E-state index is -3.64. The van der Waals surface area contributed by atoms with Gasteiger partial charge >= 0.3 is 0 Å². The summed E-state index contributed by atoms with van der Waals surface area (Å²) in [5, 5.41) is 4.09. The lowest BCUT2D eigenvalue weighted by Crippen LogP contribution is -2.17. The topological polar surface area (TPSA) is 90.0 Å². The Bertz CT molecular complexity index is 720. The molecule has 0 amide bonds. The van der Waals surface area contributed by atoms with Crippen LogP contribution >= 0.6 is 0 Å². The molecular formula is C13H18N4O2S. The third-order valence-corrected chi connectivity index (χ3v) is 4.30. The van der Waals surface area contributed by atoms with Crippen LogP contribution in [-0.4, -0.2) is 18.2 Å². The normalized spacial score (nSPS) is 11.8. The number of hydrogen-bond donors (Lipinski definition) is 2. The molecule has 0 unspecified atom stereocenters. The van der Waals surface area contributed by atoms with Crippen LogP contribution < -0.4 is 10.5 Å². The van der Waals surface area contributed by atoms with Crippen molar-refractivity contribution in [2.24, 2.45) is 0 Å². The third kappa shape index (κ3) is 2.77. The lowest BCUT2D eigenvalue weighted by atomic mass is 10.2. The van der Waals surface area contributed by atoms with Gasteiger partial charge in [0, 0.05) is 17.8 Å². The fourth-order valence-corrected chi connectivity index (χ4v) is 2.95. The maximum Gasteiger partial charge on any atom is 0.263 e. The minimum absolute atomic E-state index is 0.0656. The molecule has 0 saturated heterocycles. The van der Waals surface area contributed by atoms with Crippen LogP contribution in [0, 0.1) is 6.92 Å². The molecular weight excluding hydrogens is 276 g/mol. The van der Waals surface area contributed by atoms with E-state index in [-0.39, 0.29) is 10.9 Å². The number of nitrogen functional groups attached to an aromatic ring is 1. The average Bonchev–Trinajstić information content (AvgIpc) is 2.80. The van der Waals surface area contributed by atoms with Gasteiger partial charge in [-0.1, -0.05) is 0 Å². The Morgan fingerprint density at radius 1 is 1.30 bits per heavy atom. The van der Waals surface area contributed by atoms with Crippen molar-refractivity contribution in [3.05, 3.63) is 36.0 Å². The van der Waals surface area contributed by atoms with Gasteiger partial charge < -0.3 is 5.73 Å². The Labute approximate surface area is 118 Å². The lowest BCUT2D eigenvalue weighted by molar-refractivity contribution is 0.539. The Balaban J connectivity index is 2.36. The van der Waals surface area contributed by atoms with Crippen molar-refractivity contribution in [3.8, 4) is 0 Å². The first-order valence-corrected chi connectivity index (χ1v) is 7.72. The summed E-state index contributed by atoms with van der Waals surface area (Å²) in [6, 6.07) is 6.32. The third-order valence-electron chi connectivity index (χ3n) is 2.95. The average molecular weight is 294 g/mol. The van der Waals surface area contributed by atoms with Crippen LogP contribution in [0.4, 0.5) is 11.5 Å². The summed E-state index contributed by atoms with van der Waals surface area (Å²) in [4.78, 5) is 0.181. The highest BCUT2D eigenvalue weighted by atomic mass is 32.2. The van der Waals surface area contributed by atoms with E-state index in [1.54, 1.807) is 36.0 Å². The summed E-state index contributed by atoms with van der Waals surface area (Å²) < 4.78 is 28.8. The first-order chi connectivity index (χ1) is 9.31. The van der Waals surface area contributed by atoms with E-state index in [2.05, 4.69) is 9.82 Å². The van der Waals surface area contributed by atoms with E-state index < -0.39 is 10.0 Å². The van der Waals surface area contributed by atoms with Gasteiger partial charge in [-0.15, -0.1) is 0 Å². The second-order valence-electron chi connectivity index (χ2n) is 4.88. The zero-order valence-electron chi connectivity index (χ0n) is 11.7. The van der Waals surface area contributed by atoms with E-state index in [1.165, 1.54) is 6.07 Å². The monoisotopic (exact) mass is 294 g/mol. The standard InChI is InChI=1S/C13H18N4O2S/c1-9(2)17-13(6-7-15-17)16-20(18,19)11-4-5-12(14)10(3)8-11/h4-9,16H,14H2,1-3H3. The largest absolute Gasteiger partial charge is 0.399 e. The number of nitrogens with zero attached hydrogens (tertiary/aromatic N) is 2. The van der Waals surface area contributed by atoms with Crippen LogP contribution in [0.2, 0.25) is 0 Å². The predicted octanol–water partition coefficient (Wildman–Crippen LogP) is 2.16. The zero-order valence-corrected chi connectivity index (χ0v) is 12.5. The molecule has 0 bridgehead atoms. The number of aromatic nitrogens is 2. The molecule has 2 aromatic rings. The van der Waals surface area contributed by atoms with E-state index in [1.807, 2.05) is 13.8 Å². The van der Waals surface area contributed by atoms with Gasteiger partial charge in [0.25, 0.3) is 10.0 Å². The van der Waals surface area contributed by atoms with Crippen molar-refractivity contribution in [1.29, 1.82) is 0 Å². The molecule has 6 nitrogen and oxygen atoms in total. The number of aryl methyl sites for hydroxylation is 1. The van der Waals surface area contributed by atoms with Gasteiger partial charge in [-0.25, -0.2) is 13.1 Å². The number of nitrogens with two attached hydrogens (primary N) is 1. The van der Waals surface area contributed by atoms with Gasteiger partial charge in [-0.05, 0) is 44.5 Å². The van der Waals surface area contributed by atoms with Crippen LogP contribution in [0.5, 0.6) is 0 Å². The van der Waals surface area contributed by atoms with Crippen molar-refractivity contribution in [2.75, 3.05) is 10.5 Å². The number of nitrogens with one attached hydrogen (secondary N) is 1. The summed E-state index contributed by atoms with van der Waals surface area (Å²) >= 11 is 0. The van der Waals surface area contributed by atoms with Gasteiger partial charge in [-0.3, -0.25) is 4.72 Å². The number of benzene rings is 1. The molecule has 0 fully saturated rings. The molecule has 1 heterocycles. The molecule has 0 radical (unpaired) electrons. The number of rotatable bonds is 4. The van der Waals surface area contributed by atoms with E-state index in [0.717, 1.165) is 5.56 Å². The molecule has 0 spiro atoms. The van der Waals surface area contributed by atoms with Gasteiger partial charge in [0.05, 0.1) is 11.1 Å². The van der Waals surface area contributed by atoms with E-state index >= 15 is 0 Å². The van der Waals surface area contributed by atoms with Gasteiger partial charge in [-0.2, -0.15) is 5.10 Å². The Morgan fingerprint density at radius 3 is 2.60 bits per heavy atom. The highest BCUT2D eigenvalue weighted by molar-refractivity contribution is 7.92. The summed E-state index contributed by atoms with van der Waals surface area (Å²) in [5.41, 5.74) is 7.00. The van der Waals surface area contributed by atoms with Crippen LogP contribution in [0.25, 0.3) is 0 Å². The van der Waals surface area contributed by atoms with Crippen LogP contribution in [0.15, 0.2) is 35.4 Å². The second-order valence-corrected chi connectivity index (χ2v) is 6.56. The van der Waals surface area contributed by atoms with Crippen LogP contribution in [-0.2, 0) is 10.0 Å². The Kier molecular flexibility index (Phi) is 3.71. The van der Waals surface area contributed by atoms with E-state index in [9.17, 15) is 8.42 Å². The van der Waals surface area contributed by atoms with Gasteiger partial charge in [0.2, 0.25) is 0 Å². The molecule has 1 aromatic heterocycles. The molecule has 0 saturated carbocycles. The Morgan fingerprint density at radius 2 is 2.00 bits per heavy atom. The van der Waals surface area contributed by atoms with Crippen molar-refractivity contribution in [3.63, 3.8) is 0 Å². The fourth-order valence-electron chi connectivity index (χ4n) is 1.82. The second kappa shape index (κ2) is 5.16. The first kappa shape index (κ1) is 14.4. The summed E-state index contributed by atoms with van der Waals surface area (Å²) in [6.45, 7) is 5.63. The smallest absolute Gasteiger partial charge is 0.263 e. The highest BCUT2D eigenvalue weighted by Gasteiger charge is 2.17. The molecule has 7 heteroatoms. The molecule has 0 aliphatic carbocycles. The van der Waals surface area contributed by atoms with Crippen molar-refractivity contribution >= 4 is 21.5 Å². The molecule has 108 valence electrons. The summed E-state index contributed by atoms with van der Waals surface area (Å²) in [7, 11) is -3.64. The Hall–Kier alpha value is -2.02. The molecule has 1 aromatic carbocycles. The van der Waals surface area contributed by atoms with Crippen LogP contribution in [0.3, 0.4) is 0 Å². The van der Waals surface area contributed by atoms with Gasteiger partial charge in [0.15, 0.2) is 0 Å².